The second-order valence-corrected chi connectivity index (χ2v) is 5.96. The second kappa shape index (κ2) is 6.01. The number of pyridine rings is 2. The van der Waals surface area contributed by atoms with Crippen molar-refractivity contribution in [3.8, 4) is 5.69 Å². The summed E-state index contributed by atoms with van der Waals surface area (Å²) in [6.45, 7) is 3.80. The minimum atomic E-state index is -0.177. The molecule has 4 rings (SSSR count). The number of nitrogens with zero attached hydrogens (tertiary/aromatic N) is 6. The topological polar surface area (TPSA) is 67.2 Å². The van der Waals surface area contributed by atoms with E-state index in [1.54, 1.807) is 18.5 Å². The first-order chi connectivity index (χ1) is 11.7. The highest BCUT2D eigenvalue weighted by molar-refractivity contribution is 5.75. The number of hydrogen-bond donors (Lipinski definition) is 0. The Hall–Kier alpha value is -2.80. The SMILES string of the molecule is CN1CCN(c2ccc3ncn(-c4cccnc4)c(=O)c3n2)CC1. The highest BCUT2D eigenvalue weighted by atomic mass is 16.1. The van der Waals surface area contributed by atoms with Crippen LogP contribution in [0.2, 0.25) is 0 Å². The van der Waals surface area contributed by atoms with E-state index >= 15 is 0 Å². The van der Waals surface area contributed by atoms with Crippen LogP contribution in [0.25, 0.3) is 16.7 Å². The number of rotatable bonds is 2. The van der Waals surface area contributed by atoms with E-state index in [2.05, 4.69) is 31.8 Å². The number of likely N-dealkylation sites (N-methyl/N-ethyl adjacent to an activating group) is 1. The van der Waals surface area contributed by atoms with Gasteiger partial charge in [-0.3, -0.25) is 14.3 Å². The summed E-state index contributed by atoms with van der Waals surface area (Å²) in [6, 6.07) is 7.42. The van der Waals surface area contributed by atoms with Crippen molar-refractivity contribution < 1.29 is 0 Å². The van der Waals surface area contributed by atoms with Gasteiger partial charge >= 0.3 is 0 Å². The molecular formula is C17H18N6O. The van der Waals surface area contributed by atoms with Crippen LogP contribution in [0, 0.1) is 0 Å². The molecule has 1 saturated heterocycles. The summed E-state index contributed by atoms with van der Waals surface area (Å²) >= 11 is 0. The van der Waals surface area contributed by atoms with Crippen molar-refractivity contribution in [1.82, 2.24) is 24.4 Å². The average Bonchev–Trinajstić information content (AvgIpc) is 2.63. The minimum absolute atomic E-state index is 0.177. The predicted octanol–water partition coefficient (Wildman–Crippen LogP) is 0.927. The van der Waals surface area contributed by atoms with E-state index < -0.39 is 0 Å². The van der Waals surface area contributed by atoms with Gasteiger partial charge in [-0.25, -0.2) is 9.97 Å². The summed E-state index contributed by atoms with van der Waals surface area (Å²) in [6.07, 6.45) is 4.84. The van der Waals surface area contributed by atoms with Crippen molar-refractivity contribution in [2.75, 3.05) is 38.1 Å². The van der Waals surface area contributed by atoms with Crippen LogP contribution in [0.5, 0.6) is 0 Å². The molecule has 0 aliphatic carbocycles. The van der Waals surface area contributed by atoms with Crippen molar-refractivity contribution in [3.63, 3.8) is 0 Å². The molecule has 0 N–H and O–H groups in total. The Morgan fingerprint density at radius 3 is 2.67 bits per heavy atom. The molecule has 0 aromatic carbocycles. The van der Waals surface area contributed by atoms with Crippen LogP contribution in [0.15, 0.2) is 47.8 Å². The summed E-state index contributed by atoms with van der Waals surface area (Å²) in [7, 11) is 2.11. The van der Waals surface area contributed by atoms with Crippen molar-refractivity contribution in [1.29, 1.82) is 0 Å². The third kappa shape index (κ3) is 2.63. The van der Waals surface area contributed by atoms with E-state index in [9.17, 15) is 4.79 Å². The zero-order valence-electron chi connectivity index (χ0n) is 13.5. The van der Waals surface area contributed by atoms with Crippen molar-refractivity contribution in [2.24, 2.45) is 0 Å². The Morgan fingerprint density at radius 1 is 1.08 bits per heavy atom. The number of aromatic nitrogens is 4. The highest BCUT2D eigenvalue weighted by Gasteiger charge is 2.16. The molecule has 7 heteroatoms. The Balaban J connectivity index is 1.78. The van der Waals surface area contributed by atoms with Gasteiger partial charge in [0, 0.05) is 32.4 Å². The molecule has 0 spiro atoms. The predicted molar refractivity (Wildman–Crippen MR) is 92.6 cm³/mol. The van der Waals surface area contributed by atoms with E-state index in [4.69, 9.17) is 0 Å². The third-order valence-electron chi connectivity index (χ3n) is 4.34. The first-order valence-corrected chi connectivity index (χ1v) is 7.95. The maximum atomic E-state index is 12.8. The number of piperazine rings is 1. The van der Waals surface area contributed by atoms with E-state index in [0.717, 1.165) is 32.0 Å². The average molecular weight is 322 g/mol. The van der Waals surface area contributed by atoms with E-state index in [-0.39, 0.29) is 5.56 Å². The lowest BCUT2D eigenvalue weighted by molar-refractivity contribution is 0.312. The first kappa shape index (κ1) is 14.8. The van der Waals surface area contributed by atoms with E-state index in [1.165, 1.54) is 10.9 Å². The molecule has 0 unspecified atom stereocenters. The van der Waals surface area contributed by atoms with Crippen LogP contribution in [-0.2, 0) is 0 Å². The summed E-state index contributed by atoms with van der Waals surface area (Å²) in [5.41, 5.74) is 1.50. The second-order valence-electron chi connectivity index (χ2n) is 5.96. The molecule has 0 saturated carbocycles. The molecule has 1 aliphatic heterocycles. The van der Waals surface area contributed by atoms with Gasteiger partial charge in [0.05, 0.1) is 17.4 Å². The molecule has 3 aromatic rings. The Kier molecular flexibility index (Phi) is 3.70. The van der Waals surface area contributed by atoms with Crippen LogP contribution in [0.4, 0.5) is 5.82 Å². The molecule has 0 atom stereocenters. The molecule has 1 fully saturated rings. The Labute approximate surface area is 139 Å². The molecule has 3 aromatic heterocycles. The quantitative estimate of drug-likeness (QED) is 0.699. The van der Waals surface area contributed by atoms with Gasteiger partial charge in [0.25, 0.3) is 5.56 Å². The molecule has 1 aliphatic rings. The third-order valence-corrected chi connectivity index (χ3v) is 4.34. The summed E-state index contributed by atoms with van der Waals surface area (Å²) in [4.78, 5) is 30.3. The molecule has 24 heavy (non-hydrogen) atoms. The fraction of sp³-hybridized carbons (Fsp3) is 0.294. The standard InChI is InChI=1S/C17H18N6O/c1-21-7-9-22(10-8-21)15-5-4-14-16(20-15)17(24)23(12-19-14)13-3-2-6-18-11-13/h2-6,11-12H,7-10H2,1H3. The van der Waals surface area contributed by atoms with Crippen LogP contribution in [-0.4, -0.2) is 57.6 Å². The van der Waals surface area contributed by atoms with Gasteiger partial charge in [0.15, 0.2) is 5.52 Å². The van der Waals surface area contributed by atoms with Crippen molar-refractivity contribution >= 4 is 16.9 Å². The van der Waals surface area contributed by atoms with Crippen LogP contribution in [0.1, 0.15) is 0 Å². The lowest BCUT2D eigenvalue weighted by Crippen LogP contribution is -2.44. The zero-order chi connectivity index (χ0) is 16.5. The van der Waals surface area contributed by atoms with E-state index in [0.29, 0.717) is 16.7 Å². The van der Waals surface area contributed by atoms with Gasteiger partial charge in [-0.1, -0.05) is 0 Å². The molecule has 122 valence electrons. The lowest BCUT2D eigenvalue weighted by Gasteiger charge is -2.33. The molecule has 4 heterocycles. The van der Waals surface area contributed by atoms with Crippen molar-refractivity contribution in [3.05, 3.63) is 53.3 Å². The molecule has 7 nitrogen and oxygen atoms in total. The van der Waals surface area contributed by atoms with Gasteiger partial charge in [-0.2, -0.15) is 0 Å². The van der Waals surface area contributed by atoms with Crippen LogP contribution >= 0.6 is 0 Å². The summed E-state index contributed by atoms with van der Waals surface area (Å²) < 4.78 is 1.48. The molecule has 0 amide bonds. The van der Waals surface area contributed by atoms with Crippen molar-refractivity contribution in [2.45, 2.75) is 0 Å². The number of hydrogen-bond acceptors (Lipinski definition) is 6. The molecule has 0 bridgehead atoms. The number of anilines is 1. The van der Waals surface area contributed by atoms with Gasteiger partial charge in [-0.15, -0.1) is 0 Å². The Bertz CT molecular complexity index is 915. The van der Waals surface area contributed by atoms with Gasteiger partial charge in [-0.05, 0) is 31.3 Å². The molecule has 0 radical (unpaired) electrons. The first-order valence-electron chi connectivity index (χ1n) is 7.95. The highest BCUT2D eigenvalue weighted by Crippen LogP contribution is 2.16. The van der Waals surface area contributed by atoms with Crippen LogP contribution < -0.4 is 10.5 Å². The van der Waals surface area contributed by atoms with Gasteiger partial charge < -0.3 is 9.80 Å². The zero-order valence-corrected chi connectivity index (χ0v) is 13.5. The van der Waals surface area contributed by atoms with Crippen LogP contribution in [0.3, 0.4) is 0 Å². The van der Waals surface area contributed by atoms with Gasteiger partial charge in [0.2, 0.25) is 0 Å². The molecular weight excluding hydrogens is 304 g/mol. The fourth-order valence-corrected chi connectivity index (χ4v) is 2.88. The largest absolute Gasteiger partial charge is 0.354 e. The monoisotopic (exact) mass is 322 g/mol. The normalized spacial score (nSPS) is 15.8. The fourth-order valence-electron chi connectivity index (χ4n) is 2.88. The number of fused-ring (bicyclic) bond motifs is 1. The summed E-state index contributed by atoms with van der Waals surface area (Å²) in [5, 5.41) is 0. The maximum absolute atomic E-state index is 12.8. The minimum Gasteiger partial charge on any atom is -0.354 e. The van der Waals surface area contributed by atoms with Gasteiger partial charge in [0.1, 0.15) is 12.1 Å². The van der Waals surface area contributed by atoms with E-state index in [1.807, 2.05) is 18.2 Å². The summed E-state index contributed by atoms with van der Waals surface area (Å²) in [5.74, 6) is 0.832. The Morgan fingerprint density at radius 2 is 1.92 bits per heavy atom. The smallest absolute Gasteiger partial charge is 0.284 e. The maximum Gasteiger partial charge on any atom is 0.284 e. The lowest BCUT2D eigenvalue weighted by atomic mass is 10.3.